The summed E-state index contributed by atoms with van der Waals surface area (Å²) in [6.07, 6.45) is 2.57. The minimum Gasteiger partial charge on any atom is -0.344 e. The van der Waals surface area contributed by atoms with Gasteiger partial charge in [-0.25, -0.2) is 4.98 Å². The first-order chi connectivity index (χ1) is 6.98. The molecule has 0 N–H and O–H groups in total. The zero-order valence-corrected chi connectivity index (χ0v) is 10.8. The summed E-state index contributed by atoms with van der Waals surface area (Å²) in [5, 5.41) is 1.10. The van der Waals surface area contributed by atoms with Gasteiger partial charge in [-0.05, 0) is 19.8 Å². The van der Waals surface area contributed by atoms with Gasteiger partial charge in [0.1, 0.15) is 5.82 Å². The van der Waals surface area contributed by atoms with E-state index in [0.717, 1.165) is 17.5 Å². The summed E-state index contributed by atoms with van der Waals surface area (Å²) >= 11 is 1.54. The largest absolute Gasteiger partial charge is 0.344 e. The molecule has 0 amide bonds. The first kappa shape index (κ1) is 10.9. The quantitative estimate of drug-likeness (QED) is 0.736. The van der Waals surface area contributed by atoms with E-state index >= 15 is 0 Å². The first-order valence-corrected chi connectivity index (χ1v) is 6.36. The van der Waals surface area contributed by atoms with Crippen molar-refractivity contribution in [3.63, 3.8) is 0 Å². The van der Waals surface area contributed by atoms with Gasteiger partial charge in [0, 0.05) is 29.5 Å². The zero-order chi connectivity index (χ0) is 11.1. The van der Waals surface area contributed by atoms with Crippen molar-refractivity contribution < 1.29 is 0 Å². The molecule has 84 valence electrons. The van der Waals surface area contributed by atoms with E-state index in [1.807, 2.05) is 0 Å². The summed E-state index contributed by atoms with van der Waals surface area (Å²) in [4.78, 5) is 7.03. The highest BCUT2D eigenvalue weighted by atomic mass is 32.1. The van der Waals surface area contributed by atoms with Crippen LogP contribution in [0.25, 0.3) is 0 Å². The van der Waals surface area contributed by atoms with Crippen LogP contribution in [0.5, 0.6) is 0 Å². The van der Waals surface area contributed by atoms with Gasteiger partial charge >= 0.3 is 0 Å². The van der Waals surface area contributed by atoms with E-state index in [0.29, 0.717) is 6.04 Å². The number of hydrogen-bond acceptors (Lipinski definition) is 4. The maximum absolute atomic E-state index is 4.65. The molecule has 1 unspecified atom stereocenters. The van der Waals surface area contributed by atoms with Crippen LogP contribution in [0.1, 0.15) is 46.4 Å². The van der Waals surface area contributed by atoms with Crippen molar-refractivity contribution in [2.24, 2.45) is 0 Å². The Morgan fingerprint density at radius 3 is 2.60 bits per heavy atom. The van der Waals surface area contributed by atoms with E-state index in [-0.39, 0.29) is 5.41 Å². The molecule has 1 saturated heterocycles. The van der Waals surface area contributed by atoms with Crippen LogP contribution in [0.15, 0.2) is 0 Å². The highest BCUT2D eigenvalue weighted by molar-refractivity contribution is 7.09. The van der Waals surface area contributed by atoms with Crippen molar-refractivity contribution in [3.8, 4) is 0 Å². The number of anilines is 1. The Labute approximate surface area is 95.7 Å². The van der Waals surface area contributed by atoms with E-state index in [1.165, 1.54) is 12.8 Å². The summed E-state index contributed by atoms with van der Waals surface area (Å²) in [6.45, 7) is 9.88. The molecule has 0 bridgehead atoms. The molecule has 0 saturated carbocycles. The van der Waals surface area contributed by atoms with Gasteiger partial charge < -0.3 is 4.90 Å². The third kappa shape index (κ3) is 2.14. The van der Waals surface area contributed by atoms with E-state index in [4.69, 9.17) is 0 Å². The maximum Gasteiger partial charge on any atom is 0.205 e. The second-order valence-electron chi connectivity index (χ2n) is 5.34. The molecule has 3 nitrogen and oxygen atoms in total. The van der Waals surface area contributed by atoms with Crippen molar-refractivity contribution in [2.45, 2.75) is 52.0 Å². The topological polar surface area (TPSA) is 29.0 Å². The van der Waals surface area contributed by atoms with Crippen LogP contribution in [-0.2, 0) is 5.41 Å². The predicted molar refractivity (Wildman–Crippen MR) is 64.7 cm³/mol. The van der Waals surface area contributed by atoms with Gasteiger partial charge in [0.2, 0.25) is 5.13 Å². The lowest BCUT2D eigenvalue weighted by molar-refractivity contribution is 0.554. The average Bonchev–Trinajstić information content (AvgIpc) is 2.69. The van der Waals surface area contributed by atoms with Gasteiger partial charge in [0.25, 0.3) is 0 Å². The molecule has 15 heavy (non-hydrogen) atoms. The van der Waals surface area contributed by atoms with Crippen molar-refractivity contribution in [1.82, 2.24) is 9.36 Å². The van der Waals surface area contributed by atoms with Crippen LogP contribution < -0.4 is 4.90 Å². The molecule has 1 aliphatic heterocycles. The Hall–Kier alpha value is -0.640. The Bertz CT molecular complexity index is 340. The number of hydrogen-bond donors (Lipinski definition) is 0. The minimum atomic E-state index is 0.0672. The molecule has 1 aliphatic rings. The molecule has 1 atom stereocenters. The van der Waals surface area contributed by atoms with Crippen LogP contribution in [0.4, 0.5) is 5.13 Å². The standard InChI is InChI=1S/C11H19N3S/c1-8-6-5-7-14(8)10-12-9(13-15-10)11(2,3)4/h8H,5-7H2,1-4H3. The molecule has 0 aromatic carbocycles. The second kappa shape index (κ2) is 3.74. The Balaban J connectivity index is 2.20. The summed E-state index contributed by atoms with van der Waals surface area (Å²) in [7, 11) is 0. The fraction of sp³-hybridized carbons (Fsp3) is 0.818. The predicted octanol–water partition coefficient (Wildman–Crippen LogP) is 2.82. The van der Waals surface area contributed by atoms with Crippen molar-refractivity contribution in [3.05, 3.63) is 5.82 Å². The Morgan fingerprint density at radius 1 is 1.40 bits per heavy atom. The van der Waals surface area contributed by atoms with Gasteiger partial charge in [0.15, 0.2) is 0 Å². The van der Waals surface area contributed by atoms with Gasteiger partial charge in [-0.3, -0.25) is 0 Å². The second-order valence-corrected chi connectivity index (χ2v) is 6.07. The number of rotatable bonds is 1. The Morgan fingerprint density at radius 2 is 2.13 bits per heavy atom. The third-order valence-corrected chi connectivity index (χ3v) is 3.64. The first-order valence-electron chi connectivity index (χ1n) is 5.59. The molecule has 2 rings (SSSR count). The molecule has 0 spiro atoms. The zero-order valence-electron chi connectivity index (χ0n) is 9.95. The molecule has 1 aromatic heterocycles. The highest BCUT2D eigenvalue weighted by Crippen LogP contribution is 2.29. The van der Waals surface area contributed by atoms with Gasteiger partial charge in [-0.2, -0.15) is 4.37 Å². The SMILES string of the molecule is CC1CCCN1c1nc(C(C)(C)C)ns1. The van der Waals surface area contributed by atoms with Crippen LogP contribution in [0.3, 0.4) is 0 Å². The molecule has 1 aromatic rings. The maximum atomic E-state index is 4.65. The highest BCUT2D eigenvalue weighted by Gasteiger charge is 2.26. The van der Waals surface area contributed by atoms with E-state index in [9.17, 15) is 0 Å². The smallest absolute Gasteiger partial charge is 0.205 e. The lowest BCUT2D eigenvalue weighted by atomic mass is 9.96. The summed E-state index contributed by atoms with van der Waals surface area (Å²) < 4.78 is 4.46. The fourth-order valence-electron chi connectivity index (χ4n) is 1.85. The molecule has 0 aliphatic carbocycles. The number of nitrogens with zero attached hydrogens (tertiary/aromatic N) is 3. The van der Waals surface area contributed by atoms with Crippen LogP contribution in [0.2, 0.25) is 0 Å². The van der Waals surface area contributed by atoms with Crippen LogP contribution >= 0.6 is 11.5 Å². The molecule has 0 radical (unpaired) electrons. The average molecular weight is 225 g/mol. The normalized spacial score (nSPS) is 22.4. The molecular weight excluding hydrogens is 206 g/mol. The third-order valence-electron chi connectivity index (χ3n) is 2.88. The van der Waals surface area contributed by atoms with Crippen molar-refractivity contribution >= 4 is 16.7 Å². The fourth-order valence-corrected chi connectivity index (χ4v) is 2.84. The Kier molecular flexibility index (Phi) is 2.71. The summed E-state index contributed by atoms with van der Waals surface area (Å²) in [6, 6.07) is 0.630. The number of aromatic nitrogens is 2. The summed E-state index contributed by atoms with van der Waals surface area (Å²) in [5.74, 6) is 0.974. The van der Waals surface area contributed by atoms with E-state index in [1.54, 1.807) is 11.5 Å². The lowest BCUT2D eigenvalue weighted by Crippen LogP contribution is -2.26. The van der Waals surface area contributed by atoms with Gasteiger partial charge in [-0.1, -0.05) is 20.8 Å². The van der Waals surface area contributed by atoms with E-state index < -0.39 is 0 Å². The van der Waals surface area contributed by atoms with Crippen LogP contribution in [0, 0.1) is 0 Å². The van der Waals surface area contributed by atoms with Crippen molar-refractivity contribution in [2.75, 3.05) is 11.4 Å². The summed E-state index contributed by atoms with van der Waals surface area (Å²) in [5.41, 5.74) is 0.0672. The molecular formula is C11H19N3S. The molecule has 4 heteroatoms. The molecule has 2 heterocycles. The molecule has 1 fully saturated rings. The van der Waals surface area contributed by atoms with Crippen molar-refractivity contribution in [1.29, 1.82) is 0 Å². The lowest BCUT2D eigenvalue weighted by Gasteiger charge is -2.19. The van der Waals surface area contributed by atoms with E-state index in [2.05, 4.69) is 42.0 Å². The van der Waals surface area contributed by atoms with Gasteiger partial charge in [-0.15, -0.1) is 0 Å². The van der Waals surface area contributed by atoms with Gasteiger partial charge in [0.05, 0.1) is 0 Å². The minimum absolute atomic E-state index is 0.0672. The van der Waals surface area contributed by atoms with Crippen LogP contribution in [-0.4, -0.2) is 21.9 Å². The monoisotopic (exact) mass is 225 g/mol.